The van der Waals surface area contributed by atoms with Gasteiger partial charge in [-0.3, -0.25) is 10.1 Å². The SMILES string of the molecule is COCCOc1c(N[C@H]2CCC[C@H]2O)cc(C(=O)Nc2nnc(-c3c(Cl)ccn3C)s2)oc1=O. The average Bonchev–Trinajstić information content (AvgIpc) is 3.51. The number of aliphatic hydroxyl groups excluding tert-OH is 1. The lowest BCUT2D eigenvalue weighted by atomic mass is 10.2. The van der Waals surface area contributed by atoms with Crippen LogP contribution in [0.25, 0.3) is 10.7 Å². The standard InChI is InChI=1S/C21H24ClN5O6S/c1-27-7-6-11(22)16(27)19-25-26-21(34-19)24-18(29)15-10-13(23-12-4-3-5-14(12)28)17(20(30)33-15)32-9-8-31-2/h6-7,10,12,14,23,28H,3-5,8-9H2,1-2H3,(H,24,26,29)/t12-,14+/m0/s1. The molecule has 3 heterocycles. The summed E-state index contributed by atoms with van der Waals surface area (Å²) in [5.41, 5.74) is 0.106. The number of nitrogens with zero attached hydrogens (tertiary/aromatic N) is 3. The number of hydrogen-bond acceptors (Lipinski definition) is 10. The second-order valence-electron chi connectivity index (χ2n) is 7.72. The van der Waals surface area contributed by atoms with Gasteiger partial charge in [0.1, 0.15) is 6.61 Å². The van der Waals surface area contributed by atoms with Crippen molar-refractivity contribution in [3.05, 3.63) is 39.5 Å². The van der Waals surface area contributed by atoms with Gasteiger partial charge in [0.05, 0.1) is 35.2 Å². The zero-order chi connectivity index (χ0) is 24.2. The smallest absolute Gasteiger partial charge is 0.381 e. The number of carbonyl (C=O) groups excluding carboxylic acids is 1. The van der Waals surface area contributed by atoms with Crippen molar-refractivity contribution in [1.29, 1.82) is 0 Å². The maximum Gasteiger partial charge on any atom is 0.381 e. The first kappa shape index (κ1) is 24.2. The molecule has 3 aromatic rings. The highest BCUT2D eigenvalue weighted by Gasteiger charge is 2.28. The molecule has 0 radical (unpaired) electrons. The van der Waals surface area contributed by atoms with Crippen molar-refractivity contribution in [3.63, 3.8) is 0 Å². The maximum atomic E-state index is 12.8. The Morgan fingerprint density at radius 1 is 1.38 bits per heavy atom. The van der Waals surface area contributed by atoms with E-state index in [-0.39, 0.29) is 41.6 Å². The number of aryl methyl sites for hydroxylation is 1. The van der Waals surface area contributed by atoms with Gasteiger partial charge in [0.15, 0.2) is 10.8 Å². The summed E-state index contributed by atoms with van der Waals surface area (Å²) in [7, 11) is 3.33. The minimum atomic E-state index is -0.827. The lowest BCUT2D eigenvalue weighted by molar-refractivity contribution is 0.0990. The van der Waals surface area contributed by atoms with Crippen molar-refractivity contribution >= 4 is 39.7 Å². The Morgan fingerprint density at radius 2 is 2.21 bits per heavy atom. The third-order valence-electron chi connectivity index (χ3n) is 5.36. The summed E-state index contributed by atoms with van der Waals surface area (Å²) in [5, 5.41) is 25.2. The molecule has 1 saturated carbocycles. The van der Waals surface area contributed by atoms with Gasteiger partial charge < -0.3 is 28.9 Å². The van der Waals surface area contributed by atoms with Crippen molar-refractivity contribution in [2.45, 2.75) is 31.4 Å². The molecule has 0 spiro atoms. The number of ether oxygens (including phenoxy) is 2. The molecule has 1 amide bonds. The molecule has 34 heavy (non-hydrogen) atoms. The van der Waals surface area contributed by atoms with Crippen LogP contribution < -0.4 is 21.0 Å². The summed E-state index contributed by atoms with van der Waals surface area (Å²) in [6.45, 7) is 0.377. The zero-order valence-electron chi connectivity index (χ0n) is 18.5. The molecule has 2 atom stereocenters. The molecule has 182 valence electrons. The third kappa shape index (κ3) is 5.25. The number of aromatic nitrogens is 3. The highest BCUT2D eigenvalue weighted by Crippen LogP contribution is 2.33. The monoisotopic (exact) mass is 509 g/mol. The fourth-order valence-corrected chi connectivity index (χ4v) is 4.83. The molecule has 3 N–H and O–H groups in total. The number of carbonyl (C=O) groups is 1. The van der Waals surface area contributed by atoms with Crippen LogP contribution in [0.4, 0.5) is 10.8 Å². The number of methoxy groups -OCH3 is 1. The molecular formula is C21H24ClN5O6S. The Kier molecular flexibility index (Phi) is 7.51. The van der Waals surface area contributed by atoms with Crippen molar-refractivity contribution in [2.75, 3.05) is 31.0 Å². The lowest BCUT2D eigenvalue weighted by Gasteiger charge is -2.20. The molecule has 13 heteroatoms. The molecule has 3 aromatic heterocycles. The van der Waals surface area contributed by atoms with Crippen LogP contribution in [-0.4, -0.2) is 58.2 Å². The molecule has 0 bridgehead atoms. The van der Waals surface area contributed by atoms with E-state index in [9.17, 15) is 14.7 Å². The molecule has 1 fully saturated rings. The number of nitrogens with one attached hydrogen (secondary N) is 2. The number of rotatable bonds is 9. The van der Waals surface area contributed by atoms with Crippen LogP contribution in [0.3, 0.4) is 0 Å². The predicted molar refractivity (Wildman–Crippen MR) is 127 cm³/mol. The normalized spacial score (nSPS) is 17.6. The molecule has 0 aliphatic heterocycles. The Labute approximate surface area is 203 Å². The molecule has 1 aliphatic rings. The van der Waals surface area contributed by atoms with E-state index in [1.807, 2.05) is 7.05 Å². The van der Waals surface area contributed by atoms with E-state index in [0.29, 0.717) is 22.1 Å². The third-order valence-corrected chi connectivity index (χ3v) is 6.51. The van der Waals surface area contributed by atoms with Crippen molar-refractivity contribution in [2.24, 2.45) is 7.05 Å². The summed E-state index contributed by atoms with van der Waals surface area (Å²) in [4.78, 5) is 25.5. The highest BCUT2D eigenvalue weighted by molar-refractivity contribution is 7.18. The Morgan fingerprint density at radius 3 is 2.88 bits per heavy atom. The first-order valence-electron chi connectivity index (χ1n) is 10.6. The van der Waals surface area contributed by atoms with E-state index >= 15 is 0 Å². The van der Waals surface area contributed by atoms with Crippen molar-refractivity contribution < 1.29 is 23.8 Å². The Balaban J connectivity index is 1.57. The fraction of sp³-hybridized carbons (Fsp3) is 0.429. The van der Waals surface area contributed by atoms with Crippen LogP contribution >= 0.6 is 22.9 Å². The first-order valence-corrected chi connectivity index (χ1v) is 11.8. The van der Waals surface area contributed by atoms with Crippen molar-refractivity contribution in [3.8, 4) is 16.5 Å². The molecule has 4 rings (SSSR count). The number of anilines is 2. The number of aliphatic hydroxyl groups is 1. The highest BCUT2D eigenvalue weighted by atomic mass is 35.5. The van der Waals surface area contributed by atoms with E-state index in [4.69, 9.17) is 25.5 Å². The molecule has 0 aromatic carbocycles. The topological polar surface area (TPSA) is 141 Å². The summed E-state index contributed by atoms with van der Waals surface area (Å²) in [6, 6.07) is 2.83. The van der Waals surface area contributed by atoms with Gasteiger partial charge in [-0.05, 0) is 25.3 Å². The van der Waals surface area contributed by atoms with Crippen molar-refractivity contribution in [1.82, 2.24) is 14.8 Å². The second kappa shape index (κ2) is 10.6. The summed E-state index contributed by atoms with van der Waals surface area (Å²) in [5.74, 6) is -1.01. The van der Waals surface area contributed by atoms with Gasteiger partial charge in [0, 0.05) is 26.4 Å². The Bertz CT molecular complexity index is 1210. The quantitative estimate of drug-likeness (QED) is 0.371. The molecule has 0 saturated heterocycles. The molecule has 11 nitrogen and oxygen atoms in total. The van der Waals surface area contributed by atoms with Crippen LogP contribution in [0.5, 0.6) is 5.75 Å². The minimum Gasteiger partial charge on any atom is -0.483 e. The lowest BCUT2D eigenvalue weighted by Crippen LogP contribution is -2.29. The first-order chi connectivity index (χ1) is 16.4. The predicted octanol–water partition coefficient (Wildman–Crippen LogP) is 2.75. The van der Waals surface area contributed by atoms with Gasteiger partial charge in [0.25, 0.3) is 5.91 Å². The van der Waals surface area contributed by atoms with Crippen LogP contribution in [0, 0.1) is 0 Å². The minimum absolute atomic E-state index is 0.0794. The summed E-state index contributed by atoms with van der Waals surface area (Å²) in [6.07, 6.45) is 3.43. The fourth-order valence-electron chi connectivity index (χ4n) is 3.65. The van der Waals surface area contributed by atoms with Gasteiger partial charge in [0.2, 0.25) is 10.9 Å². The van der Waals surface area contributed by atoms with Gasteiger partial charge in [-0.25, -0.2) is 4.79 Å². The van der Waals surface area contributed by atoms with Gasteiger partial charge in [-0.15, -0.1) is 10.2 Å². The number of hydrogen-bond donors (Lipinski definition) is 3. The summed E-state index contributed by atoms with van der Waals surface area (Å²) < 4.78 is 17.5. The van der Waals surface area contributed by atoms with Crippen LogP contribution in [0.15, 0.2) is 27.5 Å². The Hall–Kier alpha value is -2.93. The van der Waals surface area contributed by atoms with E-state index in [0.717, 1.165) is 24.2 Å². The van der Waals surface area contributed by atoms with E-state index in [1.165, 1.54) is 13.2 Å². The van der Waals surface area contributed by atoms with Gasteiger partial charge in [-0.1, -0.05) is 22.9 Å². The molecular weight excluding hydrogens is 486 g/mol. The van der Waals surface area contributed by atoms with E-state index in [2.05, 4.69) is 20.8 Å². The molecule has 1 aliphatic carbocycles. The number of halogens is 1. The van der Waals surface area contributed by atoms with Crippen LogP contribution in [-0.2, 0) is 11.8 Å². The van der Waals surface area contributed by atoms with E-state index < -0.39 is 17.6 Å². The van der Waals surface area contributed by atoms with Crippen LogP contribution in [0.2, 0.25) is 5.02 Å². The van der Waals surface area contributed by atoms with Crippen LogP contribution in [0.1, 0.15) is 29.8 Å². The summed E-state index contributed by atoms with van der Waals surface area (Å²) >= 11 is 7.33. The second-order valence-corrected chi connectivity index (χ2v) is 9.11. The number of amides is 1. The largest absolute Gasteiger partial charge is 0.483 e. The zero-order valence-corrected chi connectivity index (χ0v) is 20.1. The average molecular weight is 510 g/mol. The van der Waals surface area contributed by atoms with Gasteiger partial charge >= 0.3 is 5.63 Å². The molecule has 0 unspecified atom stereocenters. The maximum absolute atomic E-state index is 12.8. The van der Waals surface area contributed by atoms with Gasteiger partial charge in [-0.2, -0.15) is 0 Å². The van der Waals surface area contributed by atoms with E-state index in [1.54, 1.807) is 16.8 Å².